The van der Waals surface area contributed by atoms with Gasteiger partial charge < -0.3 is 19.5 Å². The van der Waals surface area contributed by atoms with E-state index in [-0.39, 0.29) is 0 Å². The molecule has 6 aromatic rings. The number of benzene rings is 3. The van der Waals surface area contributed by atoms with E-state index in [1.54, 1.807) is 0 Å². The summed E-state index contributed by atoms with van der Waals surface area (Å²) < 4.78 is 6.56. The zero-order valence-electron chi connectivity index (χ0n) is 23.3. The molecule has 1 aliphatic heterocycles. The van der Waals surface area contributed by atoms with Crippen molar-refractivity contribution in [3.05, 3.63) is 109 Å². The molecule has 204 valence electrons. The highest BCUT2D eigenvalue weighted by molar-refractivity contribution is 5.97. The lowest BCUT2D eigenvalue weighted by molar-refractivity contribution is 0.311. The van der Waals surface area contributed by atoms with Crippen LogP contribution in [0.3, 0.4) is 0 Å². The SMILES string of the molecule is CN1CCN(c2ccc(-c3c[nH]c4ccncc34)c(OCCc3ccc(-c4cccc5ccncc45)cc3)c2)CC1. The third kappa shape index (κ3) is 5.14. The third-order valence-electron chi connectivity index (χ3n) is 8.20. The van der Waals surface area contributed by atoms with Crippen molar-refractivity contribution in [2.45, 2.75) is 6.42 Å². The number of nitrogens with one attached hydrogen (secondary N) is 1. The number of ether oxygens (including phenoxy) is 1. The first-order valence-electron chi connectivity index (χ1n) is 14.3. The lowest BCUT2D eigenvalue weighted by Gasteiger charge is -2.34. The Balaban J connectivity index is 1.12. The van der Waals surface area contributed by atoms with Gasteiger partial charge in [-0.05, 0) is 53.4 Å². The minimum absolute atomic E-state index is 0.595. The number of hydrogen-bond donors (Lipinski definition) is 1. The van der Waals surface area contributed by atoms with Gasteiger partial charge in [0.2, 0.25) is 0 Å². The lowest BCUT2D eigenvalue weighted by atomic mass is 9.98. The number of aromatic amines is 1. The van der Waals surface area contributed by atoms with Crippen molar-refractivity contribution < 1.29 is 4.74 Å². The molecule has 0 spiro atoms. The summed E-state index contributed by atoms with van der Waals surface area (Å²) in [5.41, 5.74) is 8.14. The Morgan fingerprint density at radius 3 is 2.44 bits per heavy atom. The smallest absolute Gasteiger partial charge is 0.129 e. The van der Waals surface area contributed by atoms with Gasteiger partial charge >= 0.3 is 0 Å². The summed E-state index contributed by atoms with van der Waals surface area (Å²) in [5, 5.41) is 3.48. The van der Waals surface area contributed by atoms with Gasteiger partial charge in [-0.1, -0.05) is 42.5 Å². The molecule has 1 fully saturated rings. The average Bonchev–Trinajstić information content (AvgIpc) is 3.46. The Morgan fingerprint density at radius 1 is 0.780 bits per heavy atom. The fourth-order valence-corrected chi connectivity index (χ4v) is 5.79. The van der Waals surface area contributed by atoms with Crippen molar-refractivity contribution in [2.24, 2.45) is 0 Å². The van der Waals surface area contributed by atoms with E-state index in [1.165, 1.54) is 33.2 Å². The molecule has 0 atom stereocenters. The van der Waals surface area contributed by atoms with Gasteiger partial charge in [0.15, 0.2) is 0 Å². The second-order valence-corrected chi connectivity index (χ2v) is 10.8. The number of nitrogens with zero attached hydrogens (tertiary/aromatic N) is 4. The van der Waals surface area contributed by atoms with Crippen LogP contribution in [-0.2, 0) is 6.42 Å². The molecular formula is C35H33N5O. The second kappa shape index (κ2) is 11.1. The molecule has 3 aromatic heterocycles. The van der Waals surface area contributed by atoms with Gasteiger partial charge in [-0.25, -0.2) is 0 Å². The Labute approximate surface area is 240 Å². The average molecular weight is 540 g/mol. The van der Waals surface area contributed by atoms with Crippen LogP contribution in [-0.4, -0.2) is 59.7 Å². The van der Waals surface area contributed by atoms with Crippen molar-refractivity contribution in [2.75, 3.05) is 44.7 Å². The molecule has 0 bridgehead atoms. The normalized spacial score (nSPS) is 14.1. The molecule has 0 saturated carbocycles. The molecule has 41 heavy (non-hydrogen) atoms. The number of piperazine rings is 1. The molecule has 6 heteroatoms. The molecule has 4 heterocycles. The molecule has 1 N–H and O–H groups in total. The fraction of sp³-hybridized carbons (Fsp3) is 0.200. The standard InChI is InChI=1S/C35H33N5O/c1-39-16-18-40(19-17-39)28-9-10-30(32-24-38-34-12-15-37-23-33(32)34)35(21-28)41-20-13-25-5-7-27(8-6-25)29-4-2-3-26-11-14-36-22-31(26)29/h2-12,14-15,21-24,38H,13,16-20H2,1H3. The van der Waals surface area contributed by atoms with Crippen LogP contribution in [0.4, 0.5) is 5.69 Å². The summed E-state index contributed by atoms with van der Waals surface area (Å²) in [6.07, 6.45) is 10.4. The Bertz CT molecular complexity index is 1800. The summed E-state index contributed by atoms with van der Waals surface area (Å²) in [6, 6.07) is 25.9. The summed E-state index contributed by atoms with van der Waals surface area (Å²) in [5.74, 6) is 0.908. The van der Waals surface area contributed by atoms with Crippen molar-refractivity contribution in [1.29, 1.82) is 0 Å². The Kier molecular flexibility index (Phi) is 6.83. The predicted molar refractivity (Wildman–Crippen MR) is 168 cm³/mol. The molecule has 7 rings (SSSR count). The second-order valence-electron chi connectivity index (χ2n) is 10.8. The maximum atomic E-state index is 6.56. The summed E-state index contributed by atoms with van der Waals surface area (Å²) in [7, 11) is 2.19. The number of anilines is 1. The Morgan fingerprint density at radius 2 is 1.59 bits per heavy atom. The largest absolute Gasteiger partial charge is 0.493 e. The number of rotatable bonds is 7. The van der Waals surface area contributed by atoms with Crippen LogP contribution in [0, 0.1) is 0 Å². The summed E-state index contributed by atoms with van der Waals surface area (Å²) in [4.78, 5) is 16.9. The van der Waals surface area contributed by atoms with E-state index in [9.17, 15) is 0 Å². The first-order chi connectivity index (χ1) is 20.2. The number of aromatic nitrogens is 3. The molecule has 1 aliphatic rings. The zero-order chi connectivity index (χ0) is 27.6. The molecule has 0 radical (unpaired) electrons. The highest BCUT2D eigenvalue weighted by Gasteiger charge is 2.18. The monoisotopic (exact) mass is 539 g/mol. The topological polar surface area (TPSA) is 57.3 Å². The van der Waals surface area contributed by atoms with Crippen molar-refractivity contribution in [3.63, 3.8) is 0 Å². The molecule has 0 aliphatic carbocycles. The lowest BCUT2D eigenvalue weighted by Crippen LogP contribution is -2.44. The predicted octanol–water partition coefficient (Wildman–Crippen LogP) is 6.82. The van der Waals surface area contributed by atoms with E-state index in [2.05, 4.69) is 105 Å². The molecule has 3 aromatic carbocycles. The van der Waals surface area contributed by atoms with Crippen molar-refractivity contribution in [1.82, 2.24) is 19.9 Å². The van der Waals surface area contributed by atoms with Crippen molar-refractivity contribution in [3.8, 4) is 28.0 Å². The summed E-state index contributed by atoms with van der Waals surface area (Å²) in [6.45, 7) is 4.77. The summed E-state index contributed by atoms with van der Waals surface area (Å²) >= 11 is 0. The van der Waals surface area contributed by atoms with E-state index < -0.39 is 0 Å². The van der Waals surface area contributed by atoms with Crippen LogP contribution in [0.2, 0.25) is 0 Å². The highest BCUT2D eigenvalue weighted by Crippen LogP contribution is 2.38. The highest BCUT2D eigenvalue weighted by atomic mass is 16.5. The van der Waals surface area contributed by atoms with Gasteiger partial charge in [-0.15, -0.1) is 0 Å². The minimum atomic E-state index is 0.595. The number of fused-ring (bicyclic) bond motifs is 2. The quantitative estimate of drug-likeness (QED) is 0.241. The van der Waals surface area contributed by atoms with E-state index in [1.807, 2.05) is 30.9 Å². The van der Waals surface area contributed by atoms with E-state index in [0.717, 1.165) is 60.4 Å². The van der Waals surface area contributed by atoms with Gasteiger partial charge in [0.25, 0.3) is 0 Å². The Hall–Kier alpha value is -4.68. The van der Waals surface area contributed by atoms with Crippen LogP contribution >= 0.6 is 0 Å². The third-order valence-corrected chi connectivity index (χ3v) is 8.20. The van der Waals surface area contributed by atoms with E-state index in [0.29, 0.717) is 6.61 Å². The number of hydrogen-bond acceptors (Lipinski definition) is 5. The van der Waals surface area contributed by atoms with Gasteiger partial charge in [0, 0.05) is 103 Å². The maximum Gasteiger partial charge on any atom is 0.129 e. The number of pyridine rings is 2. The van der Waals surface area contributed by atoms with Crippen LogP contribution in [0.1, 0.15) is 5.56 Å². The first kappa shape index (κ1) is 25.3. The van der Waals surface area contributed by atoms with Crippen LogP contribution in [0.25, 0.3) is 43.9 Å². The maximum absolute atomic E-state index is 6.56. The fourth-order valence-electron chi connectivity index (χ4n) is 5.79. The molecule has 1 saturated heterocycles. The molecular weight excluding hydrogens is 506 g/mol. The number of H-pyrrole nitrogens is 1. The van der Waals surface area contributed by atoms with Crippen LogP contribution in [0.5, 0.6) is 5.75 Å². The van der Waals surface area contributed by atoms with Crippen LogP contribution < -0.4 is 9.64 Å². The first-order valence-corrected chi connectivity index (χ1v) is 14.3. The molecule has 6 nitrogen and oxygen atoms in total. The molecule has 0 unspecified atom stereocenters. The number of likely N-dealkylation sites (N-methyl/N-ethyl adjacent to an activating group) is 1. The van der Waals surface area contributed by atoms with Gasteiger partial charge in [0.1, 0.15) is 5.75 Å². The van der Waals surface area contributed by atoms with Gasteiger partial charge in [-0.3, -0.25) is 9.97 Å². The van der Waals surface area contributed by atoms with Crippen LogP contribution in [0.15, 0.2) is 104 Å². The zero-order valence-corrected chi connectivity index (χ0v) is 23.3. The minimum Gasteiger partial charge on any atom is -0.493 e. The molecule has 0 amide bonds. The van der Waals surface area contributed by atoms with Crippen molar-refractivity contribution >= 4 is 27.4 Å². The van der Waals surface area contributed by atoms with E-state index in [4.69, 9.17) is 4.74 Å². The van der Waals surface area contributed by atoms with Gasteiger partial charge in [-0.2, -0.15) is 0 Å². The van der Waals surface area contributed by atoms with E-state index >= 15 is 0 Å². The van der Waals surface area contributed by atoms with Gasteiger partial charge in [0.05, 0.1) is 6.61 Å².